The first-order valence-electron chi connectivity index (χ1n) is 18.1. The predicted molar refractivity (Wildman–Crippen MR) is 200 cm³/mol. The number of halogens is 4. The summed E-state index contributed by atoms with van der Waals surface area (Å²) in [6.07, 6.45) is 3.65. The molecule has 2 N–H and O–H groups in total. The van der Waals surface area contributed by atoms with Crippen LogP contribution in [0.25, 0.3) is 32.1 Å². The van der Waals surface area contributed by atoms with E-state index in [9.17, 15) is 14.4 Å². The first kappa shape index (κ1) is 35.9. The summed E-state index contributed by atoms with van der Waals surface area (Å²) < 4.78 is 61.1. The van der Waals surface area contributed by atoms with Crippen LogP contribution < -0.4 is 15.4 Å². The molecule has 9 rings (SSSR count). The van der Waals surface area contributed by atoms with Gasteiger partial charge < -0.3 is 25.0 Å². The molecule has 13 nitrogen and oxygen atoms in total. The average molecular weight is 793 g/mol. The number of thiophene rings is 1. The van der Waals surface area contributed by atoms with Crippen LogP contribution in [0.3, 0.4) is 0 Å². The third-order valence-corrected chi connectivity index (χ3v) is 12.9. The Balaban J connectivity index is 1.16. The lowest BCUT2D eigenvalue weighted by atomic mass is 9.75. The lowest BCUT2D eigenvalue weighted by Crippen LogP contribution is -2.79. The fourth-order valence-electron chi connectivity index (χ4n) is 9.38. The quantitative estimate of drug-likeness (QED) is 0.215. The zero-order valence-electron chi connectivity index (χ0n) is 29.9. The summed E-state index contributed by atoms with van der Waals surface area (Å²) in [5.74, 6) is -1.08. The fourth-order valence-corrected chi connectivity index (χ4v) is 10.6. The smallest absolute Gasteiger partial charge is 0.346 e. The van der Waals surface area contributed by atoms with Gasteiger partial charge in [-0.25, -0.2) is 22.9 Å². The number of amides is 1. The molecular weight excluding hydrogens is 757 g/mol. The van der Waals surface area contributed by atoms with E-state index in [1.54, 1.807) is 11.0 Å². The van der Waals surface area contributed by atoms with E-state index in [0.29, 0.717) is 37.3 Å². The van der Waals surface area contributed by atoms with E-state index < -0.39 is 28.9 Å². The number of carbonyl (C=O) groups is 1. The number of morpholine rings is 1. The molecule has 0 unspecified atom stereocenters. The number of nitrogens with zero attached hydrogens (tertiary/aromatic N) is 9. The van der Waals surface area contributed by atoms with Crippen molar-refractivity contribution in [2.24, 2.45) is 5.92 Å². The van der Waals surface area contributed by atoms with Crippen molar-refractivity contribution in [2.75, 3.05) is 56.6 Å². The molecule has 0 saturated carbocycles. The van der Waals surface area contributed by atoms with Crippen LogP contribution in [0.4, 0.5) is 28.8 Å². The summed E-state index contributed by atoms with van der Waals surface area (Å²) in [6, 6.07) is 5.41. The molecule has 4 fully saturated rings. The second kappa shape index (κ2) is 13.2. The number of hydrogen-bond acceptors (Lipinski definition) is 12. The van der Waals surface area contributed by atoms with Gasteiger partial charge in [0.15, 0.2) is 5.82 Å². The number of nitrogen functional groups attached to an aromatic ring is 1. The highest BCUT2D eigenvalue weighted by Crippen LogP contribution is 2.47. The molecule has 4 atom stereocenters. The predicted octanol–water partition coefficient (Wildman–Crippen LogP) is 6.03. The van der Waals surface area contributed by atoms with Crippen LogP contribution in [0.5, 0.6) is 6.01 Å². The molecule has 18 heteroatoms. The Morgan fingerprint density at radius 2 is 2.09 bits per heavy atom. The molecule has 4 saturated heterocycles. The molecule has 286 valence electrons. The minimum atomic E-state index is -0.979. The maximum Gasteiger partial charge on any atom is 0.346 e. The number of aromatic nitrogens is 5. The van der Waals surface area contributed by atoms with E-state index in [-0.39, 0.29) is 86.1 Å². The highest BCUT2D eigenvalue weighted by molar-refractivity contribution is 7.23. The number of anilines is 2. The Labute approximate surface area is 322 Å². The zero-order valence-corrected chi connectivity index (χ0v) is 31.5. The molecular formula is C37H36ClF3N10O3S. The van der Waals surface area contributed by atoms with Crippen molar-refractivity contribution in [1.82, 2.24) is 34.5 Å². The lowest BCUT2D eigenvalue weighted by Gasteiger charge is -2.61. The highest BCUT2D eigenvalue weighted by Gasteiger charge is 2.59. The first-order valence-corrected chi connectivity index (χ1v) is 19.3. The van der Waals surface area contributed by atoms with Crippen molar-refractivity contribution in [2.45, 2.75) is 56.5 Å². The lowest BCUT2D eigenvalue weighted by molar-refractivity contribution is -0.186. The number of ether oxygens (including phenoxy) is 2. The molecule has 4 aliphatic heterocycles. The Hall–Kier alpha value is -4.76. The molecule has 4 aliphatic rings. The molecule has 1 spiro atoms. The van der Waals surface area contributed by atoms with E-state index in [1.807, 2.05) is 24.8 Å². The molecule has 3 aromatic heterocycles. The largest absolute Gasteiger partial charge is 0.461 e. The number of nitrogens with two attached hydrogens (primary N) is 1. The van der Waals surface area contributed by atoms with Gasteiger partial charge in [-0.3, -0.25) is 4.90 Å². The highest BCUT2D eigenvalue weighted by atomic mass is 35.5. The van der Waals surface area contributed by atoms with Crippen molar-refractivity contribution >= 4 is 60.8 Å². The van der Waals surface area contributed by atoms with Crippen LogP contribution in [0, 0.1) is 28.9 Å². The standard InChI is InChI=1S/C37H36ClF3N10O3S/c1-19(2)31-37(15-50(31)35(52)51-18-44-17-45-51)14-48(8-9-54-37)33-22-10-24(38)27(21-4-5-25(40)30-26(21)23(12-42)32(43)55-30)28(41)29(22)46-34(47-33)53-16-36-6-3-7-49(36)13-20(39)11-36/h4-5,10,17-20,31H,3,6-9,11,13-16,43H2,1-2H3/t20-,31-,36+,37+/m1/s1. The molecule has 2 aromatic carbocycles. The fraction of sp³-hybridized carbons (Fsp3) is 0.459. The number of fused-ring (bicyclic) bond motifs is 3. The molecule has 0 bridgehead atoms. The van der Waals surface area contributed by atoms with Gasteiger partial charge in [0.05, 0.1) is 46.6 Å². The average Bonchev–Trinajstić information content (AvgIpc) is 3.94. The SMILES string of the molecule is CC(C)[C@H]1N(C(=O)n2cncn2)C[C@@]12CN(c1nc(OC[C@@]34CCCN3C[C@H](F)C4)nc3c(F)c(-c4ccc(F)c5sc(N)c(C#N)c45)c(Cl)cc13)CCO2. The van der Waals surface area contributed by atoms with Gasteiger partial charge in [0.1, 0.15) is 59.3 Å². The van der Waals surface area contributed by atoms with Gasteiger partial charge in [-0.05, 0) is 43.0 Å². The Bertz CT molecular complexity index is 2410. The second-order valence-corrected chi connectivity index (χ2v) is 16.6. The minimum absolute atomic E-state index is 0.00648. The summed E-state index contributed by atoms with van der Waals surface area (Å²) in [4.78, 5) is 32.6. The van der Waals surface area contributed by atoms with E-state index in [2.05, 4.69) is 20.0 Å². The van der Waals surface area contributed by atoms with Gasteiger partial charge >= 0.3 is 12.0 Å². The van der Waals surface area contributed by atoms with E-state index in [4.69, 9.17) is 31.8 Å². The Morgan fingerprint density at radius 1 is 1.25 bits per heavy atom. The topological polar surface area (TPSA) is 152 Å². The van der Waals surface area contributed by atoms with Gasteiger partial charge in [0.25, 0.3) is 0 Å². The third-order valence-electron chi connectivity index (χ3n) is 11.6. The molecule has 0 aliphatic carbocycles. The summed E-state index contributed by atoms with van der Waals surface area (Å²) in [6.45, 7) is 6.45. The van der Waals surface area contributed by atoms with Crippen molar-refractivity contribution < 1.29 is 27.4 Å². The van der Waals surface area contributed by atoms with E-state index >= 15 is 8.78 Å². The maximum atomic E-state index is 17.3. The van der Waals surface area contributed by atoms with Gasteiger partial charge in [-0.2, -0.15) is 25.0 Å². The van der Waals surface area contributed by atoms with Crippen LogP contribution in [-0.4, -0.2) is 110 Å². The van der Waals surface area contributed by atoms with Crippen molar-refractivity contribution in [3.05, 3.63) is 53.1 Å². The van der Waals surface area contributed by atoms with Gasteiger partial charge in [0, 0.05) is 35.8 Å². The first-order chi connectivity index (χ1) is 26.4. The minimum Gasteiger partial charge on any atom is -0.461 e. The summed E-state index contributed by atoms with van der Waals surface area (Å²) in [5, 5.41) is 14.5. The number of carbonyl (C=O) groups excluding carboxylic acids is 1. The number of benzene rings is 2. The van der Waals surface area contributed by atoms with Gasteiger partial charge in [-0.15, -0.1) is 11.3 Å². The van der Waals surface area contributed by atoms with Crippen LogP contribution in [-0.2, 0) is 4.74 Å². The molecule has 55 heavy (non-hydrogen) atoms. The van der Waals surface area contributed by atoms with E-state index in [0.717, 1.165) is 30.7 Å². The monoisotopic (exact) mass is 792 g/mol. The summed E-state index contributed by atoms with van der Waals surface area (Å²) in [5.41, 5.74) is 4.82. The molecule has 7 heterocycles. The third kappa shape index (κ3) is 5.59. The Kier molecular flexibility index (Phi) is 8.61. The number of rotatable bonds is 6. The van der Waals surface area contributed by atoms with Crippen molar-refractivity contribution in [3.63, 3.8) is 0 Å². The molecule has 0 radical (unpaired) electrons. The van der Waals surface area contributed by atoms with E-state index in [1.165, 1.54) is 29.5 Å². The number of likely N-dealkylation sites (tertiary alicyclic amines) is 1. The molecule has 5 aromatic rings. The summed E-state index contributed by atoms with van der Waals surface area (Å²) in [7, 11) is 0. The van der Waals surface area contributed by atoms with Crippen molar-refractivity contribution in [1.29, 1.82) is 5.26 Å². The van der Waals surface area contributed by atoms with Crippen LogP contribution in [0.15, 0.2) is 30.9 Å². The summed E-state index contributed by atoms with van der Waals surface area (Å²) >= 11 is 7.85. The zero-order chi connectivity index (χ0) is 38.4. The number of hydrogen-bond donors (Lipinski definition) is 1. The van der Waals surface area contributed by atoms with Crippen molar-refractivity contribution in [3.8, 4) is 23.2 Å². The number of alkyl halides is 1. The van der Waals surface area contributed by atoms with Gasteiger partial charge in [0.2, 0.25) is 0 Å². The maximum absolute atomic E-state index is 17.3. The van der Waals surface area contributed by atoms with Crippen LogP contribution in [0.2, 0.25) is 5.02 Å². The van der Waals surface area contributed by atoms with Crippen LogP contribution in [0.1, 0.15) is 38.7 Å². The molecule has 1 amide bonds. The van der Waals surface area contributed by atoms with Gasteiger partial charge in [-0.1, -0.05) is 31.5 Å². The second-order valence-electron chi connectivity index (χ2n) is 15.2. The normalized spacial score (nSPS) is 25.3. The Morgan fingerprint density at radius 3 is 2.85 bits per heavy atom. The van der Waals surface area contributed by atoms with Crippen LogP contribution >= 0.6 is 22.9 Å². The number of nitriles is 1.